The molecule has 0 bridgehead atoms. The van der Waals surface area contributed by atoms with E-state index in [1.165, 1.54) is 5.69 Å². The van der Waals surface area contributed by atoms with Gasteiger partial charge >= 0.3 is 6.01 Å². The van der Waals surface area contributed by atoms with Crippen LogP contribution in [0.25, 0.3) is 11.4 Å². The third kappa shape index (κ3) is 3.62. The Hall–Kier alpha value is -3.33. The zero-order valence-corrected chi connectivity index (χ0v) is 18.9. The first-order chi connectivity index (χ1) is 15.5. The van der Waals surface area contributed by atoms with E-state index in [4.69, 9.17) is 14.0 Å². The Bertz CT molecular complexity index is 1090. The number of anilines is 2. The van der Waals surface area contributed by atoms with E-state index in [2.05, 4.69) is 49.0 Å². The van der Waals surface area contributed by atoms with Gasteiger partial charge in [-0.2, -0.15) is 4.98 Å². The Morgan fingerprint density at radius 3 is 2.38 bits per heavy atom. The SMILES string of the molecule is COc1cc(OC)cc(-c2noc(N3CCN(C)C4(CN(c5ccnc(C)c5)C4)C3)n2)c1. The predicted octanol–water partition coefficient (Wildman–Crippen LogP) is 2.47. The van der Waals surface area contributed by atoms with Crippen LogP contribution >= 0.6 is 0 Å². The highest BCUT2D eigenvalue weighted by atomic mass is 16.5. The third-order valence-corrected chi connectivity index (χ3v) is 6.51. The topological polar surface area (TPSA) is 80.0 Å². The maximum Gasteiger partial charge on any atom is 0.324 e. The number of aromatic nitrogens is 3. The normalized spacial score (nSPS) is 18.0. The summed E-state index contributed by atoms with van der Waals surface area (Å²) in [5.41, 5.74) is 3.11. The molecule has 4 heterocycles. The molecule has 2 aliphatic heterocycles. The van der Waals surface area contributed by atoms with Crippen LogP contribution in [0.3, 0.4) is 0 Å². The number of ether oxygens (including phenoxy) is 2. The first kappa shape index (κ1) is 20.6. The van der Waals surface area contributed by atoms with Gasteiger partial charge in [-0.1, -0.05) is 5.16 Å². The fourth-order valence-electron chi connectivity index (χ4n) is 4.54. The number of rotatable bonds is 5. The molecule has 9 nitrogen and oxygen atoms in total. The Labute approximate surface area is 187 Å². The molecule has 1 spiro atoms. The number of hydrogen-bond acceptors (Lipinski definition) is 9. The van der Waals surface area contributed by atoms with E-state index in [9.17, 15) is 0 Å². The van der Waals surface area contributed by atoms with Crippen LogP contribution in [0.4, 0.5) is 11.7 Å². The van der Waals surface area contributed by atoms with Crippen molar-refractivity contribution in [3.8, 4) is 22.9 Å². The lowest BCUT2D eigenvalue weighted by Crippen LogP contribution is -2.76. The van der Waals surface area contributed by atoms with Gasteiger partial charge in [0.1, 0.15) is 11.5 Å². The number of hydrogen-bond donors (Lipinski definition) is 0. The summed E-state index contributed by atoms with van der Waals surface area (Å²) in [7, 11) is 5.45. The second-order valence-electron chi connectivity index (χ2n) is 8.58. The number of benzene rings is 1. The minimum Gasteiger partial charge on any atom is -0.497 e. The summed E-state index contributed by atoms with van der Waals surface area (Å²) >= 11 is 0. The molecule has 0 N–H and O–H groups in total. The summed E-state index contributed by atoms with van der Waals surface area (Å²) in [6, 6.07) is 10.3. The van der Waals surface area contributed by atoms with Gasteiger partial charge in [0.25, 0.3) is 0 Å². The second-order valence-corrected chi connectivity index (χ2v) is 8.58. The quantitative estimate of drug-likeness (QED) is 0.599. The highest BCUT2D eigenvalue weighted by Gasteiger charge is 2.50. The Morgan fingerprint density at radius 2 is 1.69 bits per heavy atom. The van der Waals surface area contributed by atoms with Crippen molar-refractivity contribution in [3.05, 3.63) is 42.2 Å². The lowest BCUT2D eigenvalue weighted by Gasteiger charge is -2.59. The lowest BCUT2D eigenvalue weighted by atomic mass is 9.85. The maximum absolute atomic E-state index is 5.67. The average Bonchev–Trinajstić information content (AvgIpc) is 3.28. The zero-order valence-electron chi connectivity index (χ0n) is 18.9. The van der Waals surface area contributed by atoms with Gasteiger partial charge in [-0.05, 0) is 38.2 Å². The van der Waals surface area contributed by atoms with Crippen LogP contribution in [0.15, 0.2) is 41.1 Å². The van der Waals surface area contributed by atoms with Gasteiger partial charge in [0, 0.05) is 61.9 Å². The van der Waals surface area contributed by atoms with Crippen LogP contribution in [-0.4, -0.2) is 79.6 Å². The van der Waals surface area contributed by atoms with Gasteiger partial charge in [-0.15, -0.1) is 0 Å². The molecule has 5 rings (SSSR count). The van der Waals surface area contributed by atoms with Gasteiger partial charge in [0.15, 0.2) is 0 Å². The standard InChI is InChI=1S/C23H28N6O3/c1-16-9-18(5-6-24-16)29-14-23(15-29)13-28(8-7-27(23)2)22-25-21(26-32-22)17-10-19(30-3)12-20(11-17)31-4/h5-6,9-12H,7-8,13-15H2,1-4H3. The van der Waals surface area contributed by atoms with E-state index in [-0.39, 0.29) is 5.54 Å². The van der Waals surface area contributed by atoms with Crippen LogP contribution < -0.4 is 19.3 Å². The summed E-state index contributed by atoms with van der Waals surface area (Å²) in [6.45, 7) is 6.56. The van der Waals surface area contributed by atoms with Crippen LogP contribution in [0.2, 0.25) is 0 Å². The molecule has 168 valence electrons. The van der Waals surface area contributed by atoms with Crippen molar-refractivity contribution in [3.63, 3.8) is 0 Å². The molecule has 1 aromatic carbocycles. The minimum absolute atomic E-state index is 0.0588. The summed E-state index contributed by atoms with van der Waals surface area (Å²) in [5.74, 6) is 1.89. The molecular formula is C23H28N6O3. The van der Waals surface area contributed by atoms with Crippen LogP contribution in [0.5, 0.6) is 11.5 Å². The number of piperazine rings is 1. The first-order valence-electron chi connectivity index (χ1n) is 10.7. The van der Waals surface area contributed by atoms with Crippen molar-refractivity contribution in [1.29, 1.82) is 0 Å². The summed E-state index contributed by atoms with van der Waals surface area (Å²) in [5, 5.41) is 4.23. The van der Waals surface area contributed by atoms with Gasteiger partial charge < -0.3 is 23.8 Å². The molecule has 3 aromatic rings. The predicted molar refractivity (Wildman–Crippen MR) is 122 cm³/mol. The summed E-state index contributed by atoms with van der Waals surface area (Å²) < 4.78 is 16.4. The van der Waals surface area contributed by atoms with E-state index < -0.39 is 0 Å². The molecule has 32 heavy (non-hydrogen) atoms. The van der Waals surface area contributed by atoms with Crippen LogP contribution in [0, 0.1) is 6.92 Å². The van der Waals surface area contributed by atoms with Gasteiger partial charge in [0.05, 0.1) is 19.8 Å². The number of likely N-dealkylation sites (N-methyl/N-ethyl adjacent to an activating group) is 1. The third-order valence-electron chi connectivity index (χ3n) is 6.51. The molecule has 0 saturated carbocycles. The van der Waals surface area contributed by atoms with Crippen LogP contribution in [-0.2, 0) is 0 Å². The van der Waals surface area contributed by atoms with E-state index in [1.54, 1.807) is 14.2 Å². The highest BCUT2D eigenvalue weighted by molar-refractivity contribution is 5.61. The molecule has 0 unspecified atom stereocenters. The Balaban J connectivity index is 1.33. The molecular weight excluding hydrogens is 408 g/mol. The Kier molecular flexibility index (Phi) is 5.13. The molecule has 0 aliphatic carbocycles. The summed E-state index contributed by atoms with van der Waals surface area (Å²) in [6.07, 6.45) is 1.88. The highest BCUT2D eigenvalue weighted by Crippen LogP contribution is 2.36. The molecule has 2 fully saturated rings. The monoisotopic (exact) mass is 436 g/mol. The fourth-order valence-corrected chi connectivity index (χ4v) is 4.54. The maximum atomic E-state index is 5.67. The number of nitrogens with zero attached hydrogens (tertiary/aromatic N) is 6. The number of methoxy groups -OCH3 is 2. The molecule has 0 atom stereocenters. The van der Waals surface area contributed by atoms with Gasteiger partial charge in [0.2, 0.25) is 5.82 Å². The first-order valence-corrected chi connectivity index (χ1v) is 10.7. The average molecular weight is 437 g/mol. The number of aryl methyl sites for hydroxylation is 1. The molecule has 9 heteroatoms. The number of pyridine rings is 1. The van der Waals surface area contributed by atoms with Crippen molar-refractivity contribution in [2.45, 2.75) is 12.5 Å². The lowest BCUT2D eigenvalue weighted by molar-refractivity contribution is 0.0699. The fraction of sp³-hybridized carbons (Fsp3) is 0.435. The van der Waals surface area contributed by atoms with E-state index >= 15 is 0 Å². The van der Waals surface area contributed by atoms with E-state index in [0.717, 1.165) is 44.0 Å². The molecule has 0 radical (unpaired) electrons. The molecule has 0 amide bonds. The van der Waals surface area contributed by atoms with E-state index in [0.29, 0.717) is 23.3 Å². The van der Waals surface area contributed by atoms with E-state index in [1.807, 2.05) is 31.3 Å². The van der Waals surface area contributed by atoms with Crippen molar-refractivity contribution < 1.29 is 14.0 Å². The summed E-state index contributed by atoms with van der Waals surface area (Å²) in [4.78, 5) is 16.1. The zero-order chi connectivity index (χ0) is 22.3. The van der Waals surface area contributed by atoms with Crippen molar-refractivity contribution in [2.75, 3.05) is 63.8 Å². The van der Waals surface area contributed by atoms with Crippen LogP contribution in [0.1, 0.15) is 5.69 Å². The molecule has 2 aromatic heterocycles. The Morgan fingerprint density at radius 1 is 0.969 bits per heavy atom. The van der Waals surface area contributed by atoms with Crippen molar-refractivity contribution in [1.82, 2.24) is 20.0 Å². The molecule has 2 aliphatic rings. The van der Waals surface area contributed by atoms with Gasteiger partial charge in [-0.25, -0.2) is 0 Å². The minimum atomic E-state index is 0.0588. The second kappa shape index (κ2) is 7.98. The van der Waals surface area contributed by atoms with Gasteiger partial charge in [-0.3, -0.25) is 9.88 Å². The molecule has 2 saturated heterocycles. The van der Waals surface area contributed by atoms with Crippen molar-refractivity contribution in [2.24, 2.45) is 0 Å². The van der Waals surface area contributed by atoms with Crippen molar-refractivity contribution >= 4 is 11.7 Å². The smallest absolute Gasteiger partial charge is 0.324 e. The largest absolute Gasteiger partial charge is 0.497 e.